The van der Waals surface area contributed by atoms with Crippen LogP contribution in [0.4, 0.5) is 4.39 Å². The molecule has 25 heavy (non-hydrogen) atoms. The van der Waals surface area contributed by atoms with Gasteiger partial charge in [-0.3, -0.25) is 4.79 Å². The summed E-state index contributed by atoms with van der Waals surface area (Å²) in [5, 5.41) is 0. The topological polar surface area (TPSA) is 48.0 Å². The van der Waals surface area contributed by atoms with Crippen LogP contribution in [0.1, 0.15) is 10.4 Å². The summed E-state index contributed by atoms with van der Waals surface area (Å²) < 4.78 is 29.3. The Hall–Kier alpha value is -2.60. The van der Waals surface area contributed by atoms with Crippen molar-refractivity contribution in [3.05, 3.63) is 59.9 Å². The molecule has 1 heterocycles. The molecule has 1 aliphatic rings. The van der Waals surface area contributed by atoms with Crippen molar-refractivity contribution >= 4 is 5.91 Å². The Morgan fingerprint density at radius 2 is 1.84 bits per heavy atom. The van der Waals surface area contributed by atoms with Crippen molar-refractivity contribution < 1.29 is 23.4 Å². The van der Waals surface area contributed by atoms with Gasteiger partial charge in [0, 0.05) is 12.1 Å². The SMILES string of the molecule is COc1ccc(C(=O)N2CCOC(COc3ccc(F)cc3)C2)cc1. The quantitative estimate of drug-likeness (QED) is 0.836. The Bertz CT molecular complexity index is 702. The highest BCUT2D eigenvalue weighted by Crippen LogP contribution is 2.16. The molecular formula is C19H20FNO4. The van der Waals surface area contributed by atoms with Gasteiger partial charge in [0.05, 0.1) is 20.3 Å². The maximum atomic E-state index is 12.9. The smallest absolute Gasteiger partial charge is 0.254 e. The molecule has 0 radical (unpaired) electrons. The third kappa shape index (κ3) is 4.48. The summed E-state index contributed by atoms with van der Waals surface area (Å²) in [7, 11) is 1.59. The second kappa shape index (κ2) is 7.98. The van der Waals surface area contributed by atoms with E-state index >= 15 is 0 Å². The third-order valence-corrected chi connectivity index (χ3v) is 4.01. The van der Waals surface area contributed by atoms with Crippen LogP contribution >= 0.6 is 0 Å². The summed E-state index contributed by atoms with van der Waals surface area (Å²) in [5.74, 6) is 0.933. The van der Waals surface area contributed by atoms with E-state index in [1.54, 1.807) is 48.4 Å². The number of halogens is 1. The summed E-state index contributed by atoms with van der Waals surface area (Å²) in [6.07, 6.45) is -0.221. The number of carbonyl (C=O) groups excluding carboxylic acids is 1. The Kier molecular flexibility index (Phi) is 5.50. The first-order valence-corrected chi connectivity index (χ1v) is 8.09. The number of methoxy groups -OCH3 is 1. The molecule has 1 amide bonds. The molecular weight excluding hydrogens is 325 g/mol. The first-order chi connectivity index (χ1) is 12.2. The van der Waals surface area contributed by atoms with E-state index in [0.717, 1.165) is 0 Å². The van der Waals surface area contributed by atoms with E-state index in [4.69, 9.17) is 14.2 Å². The normalized spacial score (nSPS) is 17.2. The number of morpholine rings is 1. The maximum Gasteiger partial charge on any atom is 0.254 e. The van der Waals surface area contributed by atoms with Crippen molar-refractivity contribution in [2.75, 3.05) is 33.4 Å². The predicted octanol–water partition coefficient (Wildman–Crippen LogP) is 2.75. The lowest BCUT2D eigenvalue weighted by molar-refractivity contribution is -0.0401. The van der Waals surface area contributed by atoms with Crippen molar-refractivity contribution in [2.24, 2.45) is 0 Å². The molecule has 1 unspecified atom stereocenters. The molecule has 3 rings (SSSR count). The van der Waals surface area contributed by atoms with Crippen molar-refractivity contribution in [3.63, 3.8) is 0 Å². The molecule has 132 valence electrons. The van der Waals surface area contributed by atoms with Crippen LogP contribution in [0, 0.1) is 5.82 Å². The highest BCUT2D eigenvalue weighted by atomic mass is 19.1. The van der Waals surface area contributed by atoms with Crippen LogP contribution in [0.25, 0.3) is 0 Å². The Morgan fingerprint density at radius 1 is 1.16 bits per heavy atom. The van der Waals surface area contributed by atoms with E-state index in [9.17, 15) is 9.18 Å². The second-order valence-electron chi connectivity index (χ2n) is 5.74. The third-order valence-electron chi connectivity index (χ3n) is 4.01. The van der Waals surface area contributed by atoms with E-state index in [-0.39, 0.29) is 17.8 Å². The molecule has 2 aromatic rings. The number of benzene rings is 2. The Morgan fingerprint density at radius 3 is 2.52 bits per heavy atom. The fraction of sp³-hybridized carbons (Fsp3) is 0.316. The van der Waals surface area contributed by atoms with Gasteiger partial charge in [-0.05, 0) is 48.5 Å². The zero-order valence-electron chi connectivity index (χ0n) is 14.0. The van der Waals surface area contributed by atoms with Crippen molar-refractivity contribution in [1.29, 1.82) is 0 Å². The predicted molar refractivity (Wildman–Crippen MR) is 90.5 cm³/mol. The lowest BCUT2D eigenvalue weighted by Gasteiger charge is -2.33. The molecule has 0 saturated carbocycles. The largest absolute Gasteiger partial charge is 0.497 e. The van der Waals surface area contributed by atoms with Crippen LogP contribution in [0.3, 0.4) is 0 Å². The fourth-order valence-corrected chi connectivity index (χ4v) is 2.64. The summed E-state index contributed by atoms with van der Waals surface area (Å²) in [4.78, 5) is 14.4. The molecule has 0 bridgehead atoms. The van der Waals surface area contributed by atoms with Gasteiger partial charge < -0.3 is 19.1 Å². The van der Waals surface area contributed by atoms with Gasteiger partial charge in [-0.1, -0.05) is 0 Å². The van der Waals surface area contributed by atoms with Crippen LogP contribution in [0.5, 0.6) is 11.5 Å². The maximum absolute atomic E-state index is 12.9. The van der Waals surface area contributed by atoms with E-state index in [0.29, 0.717) is 43.4 Å². The van der Waals surface area contributed by atoms with Gasteiger partial charge in [0.25, 0.3) is 5.91 Å². The van der Waals surface area contributed by atoms with Crippen LogP contribution in [0.2, 0.25) is 0 Å². The molecule has 0 N–H and O–H groups in total. The number of carbonyl (C=O) groups is 1. The lowest BCUT2D eigenvalue weighted by atomic mass is 10.1. The average molecular weight is 345 g/mol. The summed E-state index contributed by atoms with van der Waals surface area (Å²) in [6.45, 7) is 1.75. The van der Waals surface area contributed by atoms with Crippen LogP contribution in [-0.2, 0) is 4.74 Å². The minimum Gasteiger partial charge on any atom is -0.497 e. The number of rotatable bonds is 5. The van der Waals surface area contributed by atoms with E-state index in [1.807, 2.05) is 0 Å². The van der Waals surface area contributed by atoms with Gasteiger partial charge in [0.2, 0.25) is 0 Å². The molecule has 1 fully saturated rings. The van der Waals surface area contributed by atoms with Crippen LogP contribution < -0.4 is 9.47 Å². The number of hydrogen-bond acceptors (Lipinski definition) is 4. The number of amides is 1. The zero-order chi connectivity index (χ0) is 17.6. The number of ether oxygens (including phenoxy) is 3. The van der Waals surface area contributed by atoms with Crippen LogP contribution in [0.15, 0.2) is 48.5 Å². The van der Waals surface area contributed by atoms with Crippen molar-refractivity contribution in [2.45, 2.75) is 6.10 Å². The molecule has 1 saturated heterocycles. The molecule has 2 aromatic carbocycles. The molecule has 6 heteroatoms. The highest BCUT2D eigenvalue weighted by Gasteiger charge is 2.25. The minimum atomic E-state index is -0.308. The van der Waals surface area contributed by atoms with Gasteiger partial charge in [-0.15, -0.1) is 0 Å². The summed E-state index contributed by atoms with van der Waals surface area (Å²) in [6, 6.07) is 12.9. The van der Waals surface area contributed by atoms with E-state index < -0.39 is 0 Å². The first kappa shape index (κ1) is 17.2. The van der Waals surface area contributed by atoms with Gasteiger partial charge in [0.15, 0.2) is 0 Å². The van der Waals surface area contributed by atoms with Crippen LogP contribution in [-0.4, -0.2) is 50.3 Å². The highest BCUT2D eigenvalue weighted by molar-refractivity contribution is 5.94. The van der Waals surface area contributed by atoms with Gasteiger partial charge in [-0.2, -0.15) is 0 Å². The molecule has 0 aliphatic carbocycles. The summed E-state index contributed by atoms with van der Waals surface area (Å²) >= 11 is 0. The van der Waals surface area contributed by atoms with Crippen molar-refractivity contribution in [3.8, 4) is 11.5 Å². The molecule has 1 aliphatic heterocycles. The monoisotopic (exact) mass is 345 g/mol. The van der Waals surface area contributed by atoms with E-state index in [1.165, 1.54) is 12.1 Å². The molecule has 0 spiro atoms. The van der Waals surface area contributed by atoms with E-state index in [2.05, 4.69) is 0 Å². The zero-order valence-corrected chi connectivity index (χ0v) is 14.0. The number of nitrogens with zero attached hydrogens (tertiary/aromatic N) is 1. The number of hydrogen-bond donors (Lipinski definition) is 0. The lowest BCUT2D eigenvalue weighted by Crippen LogP contribution is -2.47. The molecule has 5 nitrogen and oxygen atoms in total. The van der Waals surface area contributed by atoms with Gasteiger partial charge >= 0.3 is 0 Å². The Balaban J connectivity index is 1.56. The fourth-order valence-electron chi connectivity index (χ4n) is 2.64. The average Bonchev–Trinajstić information content (AvgIpc) is 2.67. The summed E-state index contributed by atoms with van der Waals surface area (Å²) in [5.41, 5.74) is 0.612. The minimum absolute atomic E-state index is 0.0438. The standard InChI is InChI=1S/C19H20FNO4/c1-23-16-6-2-14(3-7-16)19(22)21-10-11-24-18(12-21)13-25-17-8-4-15(20)5-9-17/h2-9,18H,10-13H2,1H3. The van der Waals surface area contributed by atoms with Gasteiger partial charge in [0.1, 0.15) is 30.0 Å². The Labute approximate surface area is 145 Å². The first-order valence-electron chi connectivity index (χ1n) is 8.09. The molecule has 0 aromatic heterocycles. The van der Waals surface area contributed by atoms with Gasteiger partial charge in [-0.25, -0.2) is 4.39 Å². The van der Waals surface area contributed by atoms with Crippen molar-refractivity contribution in [1.82, 2.24) is 4.90 Å². The second-order valence-corrected chi connectivity index (χ2v) is 5.74. The molecule has 1 atom stereocenters.